The number of halogens is 1. The molecule has 0 aliphatic heterocycles. The van der Waals surface area contributed by atoms with Gasteiger partial charge in [0.15, 0.2) is 0 Å². The van der Waals surface area contributed by atoms with Crippen molar-refractivity contribution in [3.8, 4) is 0 Å². The summed E-state index contributed by atoms with van der Waals surface area (Å²) >= 11 is 0. The molecule has 0 aliphatic rings. The van der Waals surface area contributed by atoms with E-state index in [4.69, 9.17) is 0 Å². The predicted molar refractivity (Wildman–Crippen MR) is 72.9 cm³/mol. The molecule has 1 aromatic heterocycles. The van der Waals surface area contributed by atoms with Gasteiger partial charge in [-0.3, -0.25) is 4.79 Å². The molecule has 1 aromatic carbocycles. The number of anilines is 2. The zero-order chi connectivity index (χ0) is 13.8. The second-order valence-electron chi connectivity index (χ2n) is 4.24. The zero-order valence-electron chi connectivity index (χ0n) is 10.7. The van der Waals surface area contributed by atoms with Gasteiger partial charge in [0.2, 0.25) is 5.95 Å². The van der Waals surface area contributed by atoms with Crippen LogP contribution in [0.2, 0.25) is 0 Å². The molecule has 1 heterocycles. The first kappa shape index (κ1) is 13.0. The molecule has 0 saturated carbocycles. The second kappa shape index (κ2) is 5.48. The third kappa shape index (κ3) is 3.28. The molecule has 0 saturated heterocycles. The Balaban J connectivity index is 2.10. The molecule has 2 rings (SSSR count). The van der Waals surface area contributed by atoms with Gasteiger partial charge in [0.1, 0.15) is 5.69 Å². The van der Waals surface area contributed by atoms with E-state index in [1.807, 2.05) is 31.1 Å². The lowest BCUT2D eigenvalue weighted by Crippen LogP contribution is -2.14. The average molecular weight is 259 g/mol. The standard InChI is InChI=1S/C14H14FN3O/c1-18(2)11-8-6-10(7-9-11)16-14(19)12-4-3-5-13(15)17-12/h3-9H,1-2H3,(H,16,19). The molecule has 1 N–H and O–H groups in total. The zero-order valence-corrected chi connectivity index (χ0v) is 10.7. The monoisotopic (exact) mass is 259 g/mol. The Kier molecular flexibility index (Phi) is 3.75. The summed E-state index contributed by atoms with van der Waals surface area (Å²) in [7, 11) is 3.87. The summed E-state index contributed by atoms with van der Waals surface area (Å²) < 4.78 is 12.9. The molecule has 0 bridgehead atoms. The summed E-state index contributed by atoms with van der Waals surface area (Å²) in [4.78, 5) is 17.3. The van der Waals surface area contributed by atoms with Gasteiger partial charge in [-0.05, 0) is 36.4 Å². The van der Waals surface area contributed by atoms with Crippen molar-refractivity contribution in [3.63, 3.8) is 0 Å². The number of pyridine rings is 1. The number of hydrogen-bond acceptors (Lipinski definition) is 3. The molecular formula is C14H14FN3O. The van der Waals surface area contributed by atoms with E-state index in [2.05, 4.69) is 10.3 Å². The molecule has 98 valence electrons. The van der Waals surface area contributed by atoms with Crippen molar-refractivity contribution in [2.45, 2.75) is 0 Å². The highest BCUT2D eigenvalue weighted by Crippen LogP contribution is 2.16. The minimum atomic E-state index is -0.671. The smallest absolute Gasteiger partial charge is 0.274 e. The van der Waals surface area contributed by atoms with Gasteiger partial charge < -0.3 is 10.2 Å². The summed E-state index contributed by atoms with van der Waals surface area (Å²) in [5, 5.41) is 2.66. The maximum Gasteiger partial charge on any atom is 0.274 e. The number of carbonyl (C=O) groups is 1. The summed E-state index contributed by atoms with van der Waals surface area (Å²) in [5.74, 6) is -1.10. The molecule has 4 nitrogen and oxygen atoms in total. The van der Waals surface area contributed by atoms with Crippen molar-refractivity contribution < 1.29 is 9.18 Å². The second-order valence-corrected chi connectivity index (χ2v) is 4.24. The van der Waals surface area contributed by atoms with Gasteiger partial charge in [0.25, 0.3) is 5.91 Å². The fourth-order valence-electron chi connectivity index (χ4n) is 1.57. The normalized spacial score (nSPS) is 10.1. The summed E-state index contributed by atoms with van der Waals surface area (Å²) in [5.41, 5.74) is 1.72. The molecule has 0 spiro atoms. The molecule has 0 unspecified atom stereocenters. The number of rotatable bonds is 3. The first-order chi connectivity index (χ1) is 9.06. The summed E-state index contributed by atoms with van der Waals surface area (Å²) in [6.07, 6.45) is 0. The molecule has 0 aliphatic carbocycles. The van der Waals surface area contributed by atoms with Gasteiger partial charge in [-0.15, -0.1) is 0 Å². The fraction of sp³-hybridized carbons (Fsp3) is 0.143. The first-order valence-corrected chi connectivity index (χ1v) is 5.77. The highest BCUT2D eigenvalue weighted by molar-refractivity contribution is 6.02. The molecular weight excluding hydrogens is 245 g/mol. The van der Waals surface area contributed by atoms with E-state index in [0.717, 1.165) is 5.69 Å². The maximum atomic E-state index is 12.9. The fourth-order valence-corrected chi connectivity index (χ4v) is 1.57. The van der Waals surface area contributed by atoms with Gasteiger partial charge in [-0.2, -0.15) is 4.39 Å². The summed E-state index contributed by atoms with van der Waals surface area (Å²) in [6.45, 7) is 0. The Morgan fingerprint density at radius 1 is 1.16 bits per heavy atom. The highest BCUT2D eigenvalue weighted by atomic mass is 19.1. The lowest BCUT2D eigenvalue weighted by molar-refractivity contribution is 0.102. The number of nitrogens with one attached hydrogen (secondary N) is 1. The van der Waals surface area contributed by atoms with Gasteiger partial charge in [-0.1, -0.05) is 6.07 Å². The molecule has 5 heteroatoms. The van der Waals surface area contributed by atoms with Crippen molar-refractivity contribution >= 4 is 17.3 Å². The minimum Gasteiger partial charge on any atom is -0.378 e. The maximum absolute atomic E-state index is 12.9. The van der Waals surface area contributed by atoms with Gasteiger partial charge >= 0.3 is 0 Å². The first-order valence-electron chi connectivity index (χ1n) is 5.77. The van der Waals surface area contributed by atoms with Crippen LogP contribution >= 0.6 is 0 Å². The Morgan fingerprint density at radius 3 is 2.42 bits per heavy atom. The van der Waals surface area contributed by atoms with Gasteiger partial charge in [0.05, 0.1) is 0 Å². The van der Waals surface area contributed by atoms with Crippen LogP contribution in [0.5, 0.6) is 0 Å². The predicted octanol–water partition coefficient (Wildman–Crippen LogP) is 2.54. The van der Waals surface area contributed by atoms with E-state index in [-0.39, 0.29) is 5.69 Å². The van der Waals surface area contributed by atoms with Crippen LogP contribution in [-0.2, 0) is 0 Å². The van der Waals surface area contributed by atoms with Gasteiger partial charge in [-0.25, -0.2) is 4.98 Å². The quantitative estimate of drug-likeness (QED) is 0.861. The lowest BCUT2D eigenvalue weighted by atomic mass is 10.2. The van der Waals surface area contributed by atoms with Gasteiger partial charge in [0, 0.05) is 25.5 Å². The largest absolute Gasteiger partial charge is 0.378 e. The molecule has 2 aromatic rings. The minimum absolute atomic E-state index is 0.0525. The number of aromatic nitrogens is 1. The average Bonchev–Trinajstić information content (AvgIpc) is 2.39. The number of nitrogens with zero attached hydrogens (tertiary/aromatic N) is 2. The molecule has 0 radical (unpaired) electrons. The molecule has 1 amide bonds. The SMILES string of the molecule is CN(C)c1ccc(NC(=O)c2cccc(F)n2)cc1. The lowest BCUT2D eigenvalue weighted by Gasteiger charge is -2.12. The van der Waals surface area contributed by atoms with Crippen molar-refractivity contribution in [2.24, 2.45) is 0 Å². The third-order valence-electron chi connectivity index (χ3n) is 2.59. The van der Waals surface area contributed by atoms with Crippen LogP contribution < -0.4 is 10.2 Å². The summed E-state index contributed by atoms with van der Waals surface area (Å²) in [6, 6.07) is 11.4. The highest BCUT2D eigenvalue weighted by Gasteiger charge is 2.08. The van der Waals surface area contributed by atoms with Crippen LogP contribution in [0, 0.1) is 5.95 Å². The van der Waals surface area contributed by atoms with Crippen LogP contribution in [0.15, 0.2) is 42.5 Å². The van der Waals surface area contributed by atoms with E-state index in [1.165, 1.54) is 18.2 Å². The Hall–Kier alpha value is -2.43. The van der Waals surface area contributed by atoms with E-state index in [0.29, 0.717) is 5.69 Å². The Bertz CT molecular complexity index is 581. The van der Waals surface area contributed by atoms with Crippen LogP contribution in [-0.4, -0.2) is 25.0 Å². The van der Waals surface area contributed by atoms with E-state index in [1.54, 1.807) is 12.1 Å². The van der Waals surface area contributed by atoms with Crippen LogP contribution in [0.1, 0.15) is 10.5 Å². The van der Waals surface area contributed by atoms with Crippen LogP contribution in [0.25, 0.3) is 0 Å². The van der Waals surface area contributed by atoms with Crippen LogP contribution in [0.4, 0.5) is 15.8 Å². The molecule has 19 heavy (non-hydrogen) atoms. The number of carbonyl (C=O) groups excluding carboxylic acids is 1. The van der Waals surface area contributed by atoms with E-state index < -0.39 is 11.9 Å². The Morgan fingerprint density at radius 2 is 1.84 bits per heavy atom. The van der Waals surface area contributed by atoms with E-state index >= 15 is 0 Å². The number of hydrogen-bond donors (Lipinski definition) is 1. The van der Waals surface area contributed by atoms with Crippen molar-refractivity contribution in [2.75, 3.05) is 24.3 Å². The van der Waals surface area contributed by atoms with Crippen molar-refractivity contribution in [3.05, 3.63) is 54.1 Å². The number of amides is 1. The Labute approximate surface area is 110 Å². The van der Waals surface area contributed by atoms with E-state index in [9.17, 15) is 9.18 Å². The van der Waals surface area contributed by atoms with Crippen molar-refractivity contribution in [1.29, 1.82) is 0 Å². The van der Waals surface area contributed by atoms with Crippen LogP contribution in [0.3, 0.4) is 0 Å². The topological polar surface area (TPSA) is 45.2 Å². The van der Waals surface area contributed by atoms with Crippen molar-refractivity contribution in [1.82, 2.24) is 4.98 Å². The molecule has 0 atom stereocenters. The molecule has 0 fully saturated rings. The third-order valence-corrected chi connectivity index (χ3v) is 2.59. The number of benzene rings is 1.